The topological polar surface area (TPSA) is 87.6 Å². The molecule has 4 aromatic rings. The first-order valence-electron chi connectivity index (χ1n) is 8.87. The highest BCUT2D eigenvalue weighted by molar-refractivity contribution is 7.99. The summed E-state index contributed by atoms with van der Waals surface area (Å²) in [6.07, 6.45) is 0. The Bertz CT molecular complexity index is 1130. The minimum atomic E-state index is -0.390. The van der Waals surface area contributed by atoms with Crippen molar-refractivity contribution in [3.63, 3.8) is 0 Å². The van der Waals surface area contributed by atoms with Crippen molar-refractivity contribution >= 4 is 28.7 Å². The number of carbonyl (C=O) groups excluding carboxylic acids is 1. The zero-order valence-electron chi connectivity index (χ0n) is 15.9. The van der Waals surface area contributed by atoms with E-state index < -0.39 is 0 Å². The molecule has 2 aromatic carbocycles. The van der Waals surface area contributed by atoms with Gasteiger partial charge in [0.15, 0.2) is 0 Å². The Hall–Kier alpha value is -3.26. The normalized spacial score (nSPS) is 11.0. The molecule has 0 radical (unpaired) electrons. The lowest BCUT2D eigenvalue weighted by atomic mass is 10.1. The number of methoxy groups -OCH3 is 1. The van der Waals surface area contributed by atoms with Crippen molar-refractivity contribution in [1.82, 2.24) is 10.2 Å². The lowest BCUT2D eigenvalue weighted by Gasteiger charge is -2.02. The number of nitrogens with zero attached hydrogens (tertiary/aromatic N) is 2. The van der Waals surface area contributed by atoms with Gasteiger partial charge in [-0.15, -0.1) is 10.2 Å². The highest BCUT2D eigenvalue weighted by atomic mass is 32.2. The van der Waals surface area contributed by atoms with Crippen LogP contribution in [0.5, 0.6) is 5.75 Å². The number of carbonyl (C=O) groups is 1. The predicted molar refractivity (Wildman–Crippen MR) is 108 cm³/mol. The maximum absolute atomic E-state index is 12.1. The number of aryl methyl sites for hydroxylation is 1. The Morgan fingerprint density at radius 3 is 2.62 bits per heavy atom. The Balaban J connectivity index is 1.31. The maximum atomic E-state index is 12.1. The van der Waals surface area contributed by atoms with Gasteiger partial charge in [0.2, 0.25) is 5.89 Å². The summed E-state index contributed by atoms with van der Waals surface area (Å²) in [5.74, 6) is 1.43. The fraction of sp³-hybridized carbons (Fsp3) is 0.190. The van der Waals surface area contributed by atoms with E-state index in [0.717, 1.165) is 39.6 Å². The van der Waals surface area contributed by atoms with Gasteiger partial charge in [-0.2, -0.15) is 0 Å². The molecule has 0 aliphatic rings. The van der Waals surface area contributed by atoms with Gasteiger partial charge in [-0.25, -0.2) is 0 Å². The van der Waals surface area contributed by atoms with Crippen LogP contribution in [0.4, 0.5) is 0 Å². The van der Waals surface area contributed by atoms with Crippen molar-refractivity contribution in [3.05, 3.63) is 59.9 Å². The van der Waals surface area contributed by atoms with Crippen LogP contribution in [0.2, 0.25) is 0 Å². The summed E-state index contributed by atoms with van der Waals surface area (Å²) in [5, 5.41) is 9.28. The largest absolute Gasteiger partial charge is 0.497 e. The molecule has 7 nitrogen and oxygen atoms in total. The average molecular weight is 410 g/mol. The van der Waals surface area contributed by atoms with Crippen LogP contribution in [-0.2, 0) is 16.1 Å². The first kappa shape index (κ1) is 19.1. The molecular weight excluding hydrogens is 392 g/mol. The second-order valence-corrected chi connectivity index (χ2v) is 7.12. The molecule has 0 amide bonds. The minimum absolute atomic E-state index is 0.0590. The van der Waals surface area contributed by atoms with Crippen molar-refractivity contribution in [2.75, 3.05) is 12.9 Å². The summed E-state index contributed by atoms with van der Waals surface area (Å²) >= 11 is 1.13. The molecule has 29 heavy (non-hydrogen) atoms. The van der Waals surface area contributed by atoms with E-state index in [1.807, 2.05) is 55.5 Å². The molecule has 0 atom stereocenters. The van der Waals surface area contributed by atoms with E-state index in [1.54, 1.807) is 7.11 Å². The second kappa shape index (κ2) is 8.40. The third-order valence-corrected chi connectivity index (χ3v) is 5.16. The number of thioether (sulfide) groups is 1. The zero-order chi connectivity index (χ0) is 20.2. The molecule has 8 heteroatoms. The molecule has 0 bridgehead atoms. The lowest BCUT2D eigenvalue weighted by molar-refractivity contribution is -0.142. The number of hydrogen-bond donors (Lipinski definition) is 0. The highest BCUT2D eigenvalue weighted by Gasteiger charge is 2.15. The summed E-state index contributed by atoms with van der Waals surface area (Å²) in [5.41, 5.74) is 2.53. The Kier molecular flexibility index (Phi) is 5.53. The third kappa shape index (κ3) is 4.27. The standard InChI is InChI=1S/C21H18N2O5S/c1-13-16-5-3-4-6-17(16)27-18(13)11-26-19(24)12-29-21-23-22-20(28-21)14-7-9-15(25-2)10-8-14/h3-10H,11-12H2,1-2H3. The van der Waals surface area contributed by atoms with Gasteiger partial charge >= 0.3 is 5.97 Å². The molecule has 0 saturated heterocycles. The van der Waals surface area contributed by atoms with Crippen molar-refractivity contribution < 1.29 is 23.1 Å². The molecule has 0 fully saturated rings. The summed E-state index contributed by atoms with van der Waals surface area (Å²) in [6.45, 7) is 2.03. The van der Waals surface area contributed by atoms with Gasteiger partial charge in [-0.05, 0) is 37.3 Å². The summed E-state index contributed by atoms with van der Waals surface area (Å²) < 4.78 is 21.8. The van der Waals surface area contributed by atoms with E-state index in [2.05, 4.69) is 10.2 Å². The van der Waals surface area contributed by atoms with Gasteiger partial charge in [0, 0.05) is 16.5 Å². The second-order valence-electron chi connectivity index (χ2n) is 6.20. The number of furan rings is 1. The first-order valence-corrected chi connectivity index (χ1v) is 9.86. The third-order valence-electron chi connectivity index (χ3n) is 4.36. The number of hydrogen-bond acceptors (Lipinski definition) is 8. The SMILES string of the molecule is COc1ccc(-c2nnc(SCC(=O)OCc3oc4ccccc4c3C)o2)cc1. The number of ether oxygens (including phenoxy) is 2. The molecule has 0 aliphatic carbocycles. The minimum Gasteiger partial charge on any atom is -0.497 e. The van der Waals surface area contributed by atoms with E-state index in [0.29, 0.717) is 16.9 Å². The Labute approximate surface area is 171 Å². The first-order chi connectivity index (χ1) is 14.1. The smallest absolute Gasteiger partial charge is 0.316 e. The van der Waals surface area contributed by atoms with Gasteiger partial charge in [0.25, 0.3) is 5.22 Å². The van der Waals surface area contributed by atoms with E-state index in [-0.39, 0.29) is 18.3 Å². The molecule has 0 unspecified atom stereocenters. The Morgan fingerprint density at radius 1 is 1.07 bits per heavy atom. The van der Waals surface area contributed by atoms with Crippen LogP contribution in [0.25, 0.3) is 22.4 Å². The van der Waals surface area contributed by atoms with Crippen molar-refractivity contribution in [2.24, 2.45) is 0 Å². The van der Waals surface area contributed by atoms with Crippen LogP contribution in [-0.4, -0.2) is 29.0 Å². The van der Waals surface area contributed by atoms with Gasteiger partial charge in [-0.3, -0.25) is 4.79 Å². The molecule has 4 rings (SSSR count). The molecule has 148 valence electrons. The molecule has 2 heterocycles. The number of rotatable bonds is 7. The van der Waals surface area contributed by atoms with Crippen LogP contribution in [0.1, 0.15) is 11.3 Å². The summed E-state index contributed by atoms with van der Waals surface area (Å²) in [6, 6.07) is 15.0. The predicted octanol–water partition coefficient (Wildman–Crippen LogP) is 4.64. The average Bonchev–Trinajstić information content (AvgIpc) is 3.36. The maximum Gasteiger partial charge on any atom is 0.316 e. The quantitative estimate of drug-likeness (QED) is 0.322. The van der Waals surface area contributed by atoms with Gasteiger partial charge in [0.1, 0.15) is 29.5 Å². The summed E-state index contributed by atoms with van der Waals surface area (Å²) in [4.78, 5) is 12.1. The van der Waals surface area contributed by atoms with Crippen LogP contribution in [0, 0.1) is 6.92 Å². The van der Waals surface area contributed by atoms with Crippen LogP contribution >= 0.6 is 11.8 Å². The fourth-order valence-electron chi connectivity index (χ4n) is 2.79. The monoisotopic (exact) mass is 410 g/mol. The lowest BCUT2D eigenvalue weighted by Crippen LogP contribution is -2.07. The number of benzene rings is 2. The van der Waals surface area contributed by atoms with Gasteiger partial charge in [-0.1, -0.05) is 30.0 Å². The Morgan fingerprint density at radius 2 is 1.86 bits per heavy atom. The summed E-state index contributed by atoms with van der Waals surface area (Å²) in [7, 11) is 1.60. The molecule has 0 N–H and O–H groups in total. The van der Waals surface area contributed by atoms with Crippen LogP contribution in [0.15, 0.2) is 62.6 Å². The molecule has 0 saturated carbocycles. The molecule has 2 aromatic heterocycles. The molecule has 0 spiro atoms. The van der Waals surface area contributed by atoms with E-state index >= 15 is 0 Å². The number of esters is 1. The number of aromatic nitrogens is 2. The number of fused-ring (bicyclic) bond motifs is 1. The van der Waals surface area contributed by atoms with E-state index in [1.165, 1.54) is 0 Å². The number of para-hydroxylation sites is 1. The molecule has 0 aliphatic heterocycles. The van der Waals surface area contributed by atoms with Crippen LogP contribution in [0.3, 0.4) is 0 Å². The van der Waals surface area contributed by atoms with E-state index in [9.17, 15) is 4.79 Å². The van der Waals surface area contributed by atoms with Crippen molar-refractivity contribution in [2.45, 2.75) is 18.8 Å². The van der Waals surface area contributed by atoms with E-state index in [4.69, 9.17) is 18.3 Å². The van der Waals surface area contributed by atoms with Crippen molar-refractivity contribution in [1.29, 1.82) is 0 Å². The van der Waals surface area contributed by atoms with Crippen molar-refractivity contribution in [3.8, 4) is 17.2 Å². The molecular formula is C21H18N2O5S. The fourth-order valence-corrected chi connectivity index (χ4v) is 3.35. The zero-order valence-corrected chi connectivity index (χ0v) is 16.7. The highest BCUT2D eigenvalue weighted by Crippen LogP contribution is 2.27. The van der Waals surface area contributed by atoms with Gasteiger partial charge < -0.3 is 18.3 Å². The van der Waals surface area contributed by atoms with Gasteiger partial charge in [0.05, 0.1) is 7.11 Å². The van der Waals surface area contributed by atoms with Crippen LogP contribution < -0.4 is 4.74 Å².